The van der Waals surface area contributed by atoms with Gasteiger partial charge in [-0.05, 0) is 50.8 Å². The van der Waals surface area contributed by atoms with Crippen molar-refractivity contribution in [2.24, 2.45) is 0 Å². The van der Waals surface area contributed by atoms with Gasteiger partial charge in [-0.1, -0.05) is 17.7 Å². The Balaban J connectivity index is 1.82. The Morgan fingerprint density at radius 2 is 1.97 bits per heavy atom. The van der Waals surface area contributed by atoms with Crippen LogP contribution in [-0.4, -0.2) is 42.9 Å². The lowest BCUT2D eigenvalue weighted by Crippen LogP contribution is -2.25. The zero-order valence-electron chi connectivity index (χ0n) is 18.0. The second kappa shape index (κ2) is 8.29. The number of halogens is 1. The van der Waals surface area contributed by atoms with Crippen LogP contribution in [0.15, 0.2) is 24.3 Å². The van der Waals surface area contributed by atoms with Crippen LogP contribution in [0, 0.1) is 13.8 Å². The summed E-state index contributed by atoms with van der Waals surface area (Å²) in [6, 6.07) is 7.29. The van der Waals surface area contributed by atoms with Gasteiger partial charge in [0.1, 0.15) is 22.7 Å². The molecule has 1 unspecified atom stereocenters. The molecule has 4 rings (SSSR count). The smallest absolute Gasteiger partial charge is 0.232 e. The molecule has 1 aromatic carbocycles. The third-order valence-corrected chi connectivity index (χ3v) is 6.88. The number of pyridine rings is 1. The Kier molecular flexibility index (Phi) is 5.85. The Labute approximate surface area is 187 Å². The first-order valence-corrected chi connectivity index (χ1v) is 12.4. The van der Waals surface area contributed by atoms with Crippen molar-refractivity contribution in [3.63, 3.8) is 0 Å². The van der Waals surface area contributed by atoms with Gasteiger partial charge in [0.15, 0.2) is 5.65 Å². The highest BCUT2D eigenvalue weighted by Crippen LogP contribution is 2.36. The lowest BCUT2D eigenvalue weighted by molar-refractivity contribution is -0.0309. The fourth-order valence-corrected chi connectivity index (χ4v) is 4.54. The minimum atomic E-state index is -3.44. The summed E-state index contributed by atoms with van der Waals surface area (Å²) < 4.78 is 33.5. The monoisotopic (exact) mass is 463 g/mol. The first-order chi connectivity index (χ1) is 14.6. The van der Waals surface area contributed by atoms with Crippen LogP contribution in [0.2, 0.25) is 5.15 Å². The molecule has 31 heavy (non-hydrogen) atoms. The second-order valence-electron chi connectivity index (χ2n) is 7.89. The Bertz CT molecular complexity index is 1240. The molecule has 1 aliphatic rings. The molecule has 3 aromatic rings. The number of aromatic nitrogens is 3. The number of nitrogens with one attached hydrogen (secondary N) is 1. The fourth-order valence-electron chi connectivity index (χ4n) is 3.84. The van der Waals surface area contributed by atoms with Crippen molar-refractivity contribution >= 4 is 49.9 Å². The minimum absolute atomic E-state index is 0.121. The number of imidazole rings is 1. The molecule has 0 saturated carbocycles. The number of nitrogens with zero attached hydrogens (tertiary/aromatic N) is 4. The number of rotatable bonds is 5. The van der Waals surface area contributed by atoms with Crippen LogP contribution in [0.5, 0.6) is 0 Å². The summed E-state index contributed by atoms with van der Waals surface area (Å²) in [5.74, 6) is 0.789. The van der Waals surface area contributed by atoms with Crippen molar-refractivity contribution in [2.45, 2.75) is 39.3 Å². The first kappa shape index (κ1) is 21.9. The van der Waals surface area contributed by atoms with Gasteiger partial charge in [0.05, 0.1) is 23.3 Å². The van der Waals surface area contributed by atoms with E-state index in [-0.39, 0.29) is 6.23 Å². The second-order valence-corrected chi connectivity index (χ2v) is 10.3. The lowest BCUT2D eigenvalue weighted by Gasteiger charge is -2.25. The van der Waals surface area contributed by atoms with Gasteiger partial charge in [0.2, 0.25) is 10.0 Å². The topological polar surface area (TPSA) is 89.3 Å². The Morgan fingerprint density at radius 3 is 2.65 bits per heavy atom. The fraction of sp³-hybridized carbons (Fsp3) is 0.429. The van der Waals surface area contributed by atoms with Crippen LogP contribution in [0.25, 0.3) is 11.2 Å². The number of sulfonamides is 1. The van der Waals surface area contributed by atoms with E-state index in [0.29, 0.717) is 40.0 Å². The highest BCUT2D eigenvalue weighted by Gasteiger charge is 2.24. The van der Waals surface area contributed by atoms with Crippen LogP contribution in [0.4, 0.5) is 17.1 Å². The third kappa shape index (κ3) is 4.35. The highest BCUT2D eigenvalue weighted by molar-refractivity contribution is 7.92. The van der Waals surface area contributed by atoms with Crippen LogP contribution in [-0.2, 0) is 14.8 Å². The number of anilines is 3. The Morgan fingerprint density at radius 1 is 1.19 bits per heavy atom. The van der Waals surface area contributed by atoms with E-state index in [1.807, 2.05) is 36.6 Å². The van der Waals surface area contributed by atoms with E-state index in [2.05, 4.69) is 10.3 Å². The number of aryl methyl sites for hydroxylation is 2. The summed E-state index contributed by atoms with van der Waals surface area (Å²) in [6.45, 7) is 4.55. The van der Waals surface area contributed by atoms with Gasteiger partial charge in [-0.15, -0.1) is 0 Å². The largest absolute Gasteiger partial charge is 0.358 e. The lowest BCUT2D eigenvalue weighted by atomic mass is 10.2. The van der Waals surface area contributed by atoms with Gasteiger partial charge in [0, 0.05) is 19.7 Å². The molecular formula is C21H26ClN5O3S. The maximum absolute atomic E-state index is 12.2. The normalized spacial score (nSPS) is 17.1. The van der Waals surface area contributed by atoms with E-state index in [0.717, 1.165) is 30.7 Å². The van der Waals surface area contributed by atoms with E-state index in [9.17, 15) is 8.42 Å². The predicted molar refractivity (Wildman–Crippen MR) is 124 cm³/mol. The summed E-state index contributed by atoms with van der Waals surface area (Å²) in [4.78, 5) is 9.26. The summed E-state index contributed by atoms with van der Waals surface area (Å²) in [5.41, 5.74) is 4.07. The SMILES string of the molecule is Cc1ccc(Nc2cc(Cl)nc3c2nc(C)n3C2CCCCO2)c(N(C)S(C)(=O)=O)c1. The quantitative estimate of drug-likeness (QED) is 0.559. The first-order valence-electron chi connectivity index (χ1n) is 10.1. The van der Waals surface area contributed by atoms with Crippen molar-refractivity contribution in [1.82, 2.24) is 14.5 Å². The summed E-state index contributed by atoms with van der Waals surface area (Å²) in [5, 5.41) is 3.65. The molecule has 0 aliphatic carbocycles. The van der Waals surface area contributed by atoms with Crippen LogP contribution >= 0.6 is 11.6 Å². The van der Waals surface area contributed by atoms with Crippen molar-refractivity contribution in [2.75, 3.05) is 29.5 Å². The molecule has 8 nitrogen and oxygen atoms in total. The number of ether oxygens (including phenoxy) is 1. The summed E-state index contributed by atoms with van der Waals surface area (Å²) in [6.07, 6.45) is 4.08. The molecule has 0 radical (unpaired) electrons. The maximum Gasteiger partial charge on any atom is 0.232 e. The molecule has 0 bridgehead atoms. The van der Waals surface area contributed by atoms with Crippen LogP contribution in [0.3, 0.4) is 0 Å². The molecule has 2 aromatic heterocycles. The van der Waals surface area contributed by atoms with E-state index in [1.54, 1.807) is 6.07 Å². The van der Waals surface area contributed by atoms with E-state index in [4.69, 9.17) is 21.3 Å². The third-order valence-electron chi connectivity index (χ3n) is 5.50. The molecule has 1 N–H and O–H groups in total. The molecule has 3 heterocycles. The van der Waals surface area contributed by atoms with Gasteiger partial charge < -0.3 is 10.1 Å². The van der Waals surface area contributed by atoms with Crippen LogP contribution < -0.4 is 9.62 Å². The average Bonchev–Trinajstić information content (AvgIpc) is 3.04. The predicted octanol–water partition coefficient (Wildman–Crippen LogP) is 4.54. The van der Waals surface area contributed by atoms with Gasteiger partial charge in [0.25, 0.3) is 0 Å². The van der Waals surface area contributed by atoms with Crippen molar-refractivity contribution in [3.05, 3.63) is 40.8 Å². The van der Waals surface area contributed by atoms with E-state index in [1.165, 1.54) is 17.6 Å². The highest BCUT2D eigenvalue weighted by atomic mass is 35.5. The zero-order valence-corrected chi connectivity index (χ0v) is 19.6. The molecule has 0 amide bonds. The van der Waals surface area contributed by atoms with E-state index >= 15 is 0 Å². The summed E-state index contributed by atoms with van der Waals surface area (Å²) in [7, 11) is -1.91. The molecule has 1 atom stereocenters. The average molecular weight is 464 g/mol. The standard InChI is InChI=1S/C21H26ClN5O3S/c1-13-8-9-15(17(11-13)26(3)31(4,28)29)24-16-12-18(22)25-21-20(16)23-14(2)27(21)19-7-5-6-10-30-19/h8-9,11-12,19H,5-7,10H2,1-4H3,(H,24,25). The number of fused-ring (bicyclic) bond motifs is 1. The minimum Gasteiger partial charge on any atom is -0.358 e. The van der Waals surface area contributed by atoms with Crippen LogP contribution in [0.1, 0.15) is 36.9 Å². The van der Waals surface area contributed by atoms with Gasteiger partial charge in [-0.25, -0.2) is 18.4 Å². The molecule has 1 aliphatic heterocycles. The van der Waals surface area contributed by atoms with Gasteiger partial charge >= 0.3 is 0 Å². The van der Waals surface area contributed by atoms with Gasteiger partial charge in [-0.3, -0.25) is 8.87 Å². The molecular weight excluding hydrogens is 438 g/mol. The molecule has 166 valence electrons. The van der Waals surface area contributed by atoms with Crippen molar-refractivity contribution < 1.29 is 13.2 Å². The van der Waals surface area contributed by atoms with Crippen molar-refractivity contribution in [3.8, 4) is 0 Å². The number of hydrogen-bond donors (Lipinski definition) is 1. The van der Waals surface area contributed by atoms with E-state index < -0.39 is 10.0 Å². The zero-order chi connectivity index (χ0) is 22.3. The number of benzene rings is 1. The van der Waals surface area contributed by atoms with Crippen molar-refractivity contribution in [1.29, 1.82) is 0 Å². The molecule has 10 heteroatoms. The summed E-state index contributed by atoms with van der Waals surface area (Å²) >= 11 is 6.37. The molecule has 0 spiro atoms. The molecule has 1 fully saturated rings. The maximum atomic E-state index is 12.2. The Hall–Kier alpha value is -2.36. The van der Waals surface area contributed by atoms with Gasteiger partial charge in [-0.2, -0.15) is 0 Å². The number of hydrogen-bond acceptors (Lipinski definition) is 6. The molecule has 1 saturated heterocycles.